The molecule has 102 valence electrons. The van der Waals surface area contributed by atoms with Crippen LogP contribution in [-0.4, -0.2) is 27.1 Å². The fourth-order valence-electron chi connectivity index (χ4n) is 1.74. The summed E-state index contributed by atoms with van der Waals surface area (Å²) in [6.07, 6.45) is 0.894. The first-order chi connectivity index (χ1) is 8.41. The molecule has 0 radical (unpaired) electrons. The van der Waals surface area contributed by atoms with Crippen molar-refractivity contribution in [3.63, 3.8) is 0 Å². The molecule has 0 aromatic carbocycles. The van der Waals surface area contributed by atoms with Crippen LogP contribution in [0, 0.1) is 19.8 Å². The summed E-state index contributed by atoms with van der Waals surface area (Å²) in [5.74, 6) is 0.374. The Labute approximate surface area is 117 Å². The lowest BCUT2D eigenvalue weighted by atomic mass is 10.1. The lowest BCUT2D eigenvalue weighted by Crippen LogP contribution is -2.34. The Morgan fingerprint density at radius 1 is 1.50 bits per heavy atom. The predicted molar refractivity (Wildman–Crippen MR) is 76.9 cm³/mol. The van der Waals surface area contributed by atoms with Crippen molar-refractivity contribution in [3.8, 4) is 0 Å². The van der Waals surface area contributed by atoms with E-state index in [0.717, 1.165) is 18.7 Å². The summed E-state index contributed by atoms with van der Waals surface area (Å²) in [4.78, 5) is 11.6. The first-order valence-corrected chi connectivity index (χ1v) is 7.26. The molecule has 1 N–H and O–H groups in total. The van der Waals surface area contributed by atoms with E-state index in [4.69, 9.17) is 0 Å². The molecule has 1 rings (SSSR count). The van der Waals surface area contributed by atoms with Crippen molar-refractivity contribution in [3.05, 3.63) is 17.5 Å². The van der Waals surface area contributed by atoms with Crippen LogP contribution in [0.1, 0.15) is 31.7 Å². The number of aromatic nitrogens is 2. The SMILES string of the molecule is Cc1cc(C)n(CCCNC(=O)C(Br)C(C)C)n1. The van der Waals surface area contributed by atoms with Gasteiger partial charge in [0, 0.05) is 18.8 Å². The van der Waals surface area contributed by atoms with Gasteiger partial charge in [0.25, 0.3) is 0 Å². The Kier molecular flexibility index (Phi) is 5.85. The summed E-state index contributed by atoms with van der Waals surface area (Å²) in [6.45, 7) is 9.61. The zero-order valence-electron chi connectivity index (χ0n) is 11.5. The average Bonchev–Trinajstić information content (AvgIpc) is 2.62. The van der Waals surface area contributed by atoms with Gasteiger partial charge in [0.1, 0.15) is 0 Å². The maximum absolute atomic E-state index is 11.7. The van der Waals surface area contributed by atoms with E-state index in [9.17, 15) is 4.79 Å². The van der Waals surface area contributed by atoms with E-state index in [-0.39, 0.29) is 10.7 Å². The molecule has 0 aliphatic carbocycles. The molecule has 1 aromatic rings. The van der Waals surface area contributed by atoms with Crippen molar-refractivity contribution in [1.82, 2.24) is 15.1 Å². The third kappa shape index (κ3) is 4.44. The van der Waals surface area contributed by atoms with E-state index in [2.05, 4.69) is 32.4 Å². The molecule has 4 nitrogen and oxygen atoms in total. The number of rotatable bonds is 6. The van der Waals surface area contributed by atoms with Gasteiger partial charge in [-0.3, -0.25) is 9.48 Å². The normalized spacial score (nSPS) is 12.8. The molecule has 0 bridgehead atoms. The van der Waals surface area contributed by atoms with Crippen molar-refractivity contribution in [2.75, 3.05) is 6.54 Å². The number of alkyl halides is 1. The minimum absolute atomic E-state index is 0.0679. The quantitative estimate of drug-likeness (QED) is 0.647. The summed E-state index contributed by atoms with van der Waals surface area (Å²) < 4.78 is 1.98. The minimum atomic E-state index is -0.105. The highest BCUT2D eigenvalue weighted by atomic mass is 79.9. The van der Waals surface area contributed by atoms with Crippen molar-refractivity contribution in [2.24, 2.45) is 5.92 Å². The van der Waals surface area contributed by atoms with Crippen molar-refractivity contribution in [2.45, 2.75) is 45.5 Å². The van der Waals surface area contributed by atoms with Crippen molar-refractivity contribution < 1.29 is 4.79 Å². The third-order valence-corrected chi connectivity index (χ3v) is 4.26. The maximum atomic E-state index is 11.7. The zero-order valence-corrected chi connectivity index (χ0v) is 13.1. The molecule has 0 aliphatic rings. The first kappa shape index (κ1) is 15.2. The lowest BCUT2D eigenvalue weighted by molar-refractivity contribution is -0.121. The fraction of sp³-hybridized carbons (Fsp3) is 0.692. The molecular formula is C13H22BrN3O. The van der Waals surface area contributed by atoms with Gasteiger partial charge in [-0.2, -0.15) is 5.10 Å². The predicted octanol–water partition coefficient (Wildman–Crippen LogP) is 2.43. The van der Waals surface area contributed by atoms with Gasteiger partial charge in [0.15, 0.2) is 0 Å². The lowest BCUT2D eigenvalue weighted by Gasteiger charge is -2.13. The monoisotopic (exact) mass is 315 g/mol. The van der Waals surface area contributed by atoms with E-state index >= 15 is 0 Å². The van der Waals surface area contributed by atoms with Gasteiger partial charge >= 0.3 is 0 Å². The van der Waals surface area contributed by atoms with Crippen LogP contribution < -0.4 is 5.32 Å². The highest BCUT2D eigenvalue weighted by molar-refractivity contribution is 9.10. The van der Waals surface area contributed by atoms with Gasteiger partial charge in [-0.15, -0.1) is 0 Å². The highest BCUT2D eigenvalue weighted by Gasteiger charge is 2.17. The number of hydrogen-bond acceptors (Lipinski definition) is 2. The number of hydrogen-bond donors (Lipinski definition) is 1. The van der Waals surface area contributed by atoms with Gasteiger partial charge in [0.05, 0.1) is 10.5 Å². The molecule has 1 atom stereocenters. The van der Waals surface area contributed by atoms with Gasteiger partial charge < -0.3 is 5.32 Å². The molecule has 0 fully saturated rings. The van der Waals surface area contributed by atoms with Crippen LogP contribution in [0.2, 0.25) is 0 Å². The summed E-state index contributed by atoms with van der Waals surface area (Å²) >= 11 is 3.39. The van der Waals surface area contributed by atoms with E-state index in [1.165, 1.54) is 5.69 Å². The smallest absolute Gasteiger partial charge is 0.234 e. The first-order valence-electron chi connectivity index (χ1n) is 6.34. The second kappa shape index (κ2) is 6.92. The Morgan fingerprint density at radius 2 is 2.17 bits per heavy atom. The number of halogens is 1. The van der Waals surface area contributed by atoms with Crippen molar-refractivity contribution >= 4 is 21.8 Å². The topological polar surface area (TPSA) is 46.9 Å². The zero-order chi connectivity index (χ0) is 13.7. The van der Waals surface area contributed by atoms with E-state index in [0.29, 0.717) is 12.5 Å². The van der Waals surface area contributed by atoms with Gasteiger partial charge in [-0.05, 0) is 32.3 Å². The standard InChI is InChI=1S/C13H22BrN3O/c1-9(2)12(14)13(18)15-6-5-7-17-11(4)8-10(3)16-17/h8-9,12H,5-7H2,1-4H3,(H,15,18). The van der Waals surface area contributed by atoms with Crippen LogP contribution in [0.4, 0.5) is 0 Å². The molecule has 0 saturated heterocycles. The molecule has 5 heteroatoms. The Morgan fingerprint density at radius 3 is 2.67 bits per heavy atom. The van der Waals surface area contributed by atoms with E-state index < -0.39 is 0 Å². The molecule has 1 amide bonds. The maximum Gasteiger partial charge on any atom is 0.234 e. The van der Waals surface area contributed by atoms with Gasteiger partial charge in [-0.25, -0.2) is 0 Å². The number of carbonyl (C=O) groups is 1. The number of aryl methyl sites for hydroxylation is 3. The number of amides is 1. The summed E-state index contributed by atoms with van der Waals surface area (Å²) in [5.41, 5.74) is 2.20. The second-order valence-electron chi connectivity index (χ2n) is 4.94. The molecule has 0 spiro atoms. The highest BCUT2D eigenvalue weighted by Crippen LogP contribution is 2.11. The van der Waals surface area contributed by atoms with Crippen LogP contribution >= 0.6 is 15.9 Å². The molecule has 0 aliphatic heterocycles. The second-order valence-corrected chi connectivity index (χ2v) is 5.93. The summed E-state index contributed by atoms with van der Waals surface area (Å²) in [5, 5.41) is 7.32. The van der Waals surface area contributed by atoms with Crippen LogP contribution in [0.3, 0.4) is 0 Å². The number of nitrogens with zero attached hydrogens (tertiary/aromatic N) is 2. The van der Waals surface area contributed by atoms with Crippen molar-refractivity contribution in [1.29, 1.82) is 0 Å². The third-order valence-electron chi connectivity index (χ3n) is 2.79. The van der Waals surface area contributed by atoms with Gasteiger partial charge in [-0.1, -0.05) is 29.8 Å². The largest absolute Gasteiger partial charge is 0.355 e. The molecule has 18 heavy (non-hydrogen) atoms. The molecule has 0 saturated carbocycles. The van der Waals surface area contributed by atoms with Crippen LogP contribution in [-0.2, 0) is 11.3 Å². The molecule has 1 heterocycles. The summed E-state index contributed by atoms with van der Waals surface area (Å²) in [7, 11) is 0. The van der Waals surface area contributed by atoms with E-state index in [1.54, 1.807) is 0 Å². The van der Waals surface area contributed by atoms with E-state index in [1.807, 2.05) is 32.4 Å². The molecule has 1 unspecified atom stereocenters. The Hall–Kier alpha value is -0.840. The van der Waals surface area contributed by atoms with Crippen LogP contribution in [0.25, 0.3) is 0 Å². The number of nitrogens with one attached hydrogen (secondary N) is 1. The Balaban J connectivity index is 2.27. The van der Waals surface area contributed by atoms with Crippen LogP contribution in [0.5, 0.6) is 0 Å². The average molecular weight is 316 g/mol. The number of carbonyl (C=O) groups excluding carboxylic acids is 1. The molecule has 1 aromatic heterocycles. The summed E-state index contributed by atoms with van der Waals surface area (Å²) in [6, 6.07) is 2.06. The fourth-order valence-corrected chi connectivity index (χ4v) is 1.90. The van der Waals surface area contributed by atoms with Crippen LogP contribution in [0.15, 0.2) is 6.07 Å². The Bertz CT molecular complexity index is 401. The molecular weight excluding hydrogens is 294 g/mol. The minimum Gasteiger partial charge on any atom is -0.355 e. The van der Waals surface area contributed by atoms with Gasteiger partial charge in [0.2, 0.25) is 5.91 Å².